The molecule has 3 heterocycles. The third-order valence-electron chi connectivity index (χ3n) is 3.35. The Bertz CT molecular complexity index is 1100. The van der Waals surface area contributed by atoms with Crippen molar-refractivity contribution in [2.75, 3.05) is 5.32 Å². The molecule has 0 radical (unpaired) electrons. The molecule has 1 N–H and O–H groups in total. The van der Waals surface area contributed by atoms with Crippen LogP contribution >= 0.6 is 11.3 Å². The highest BCUT2D eigenvalue weighted by Crippen LogP contribution is 2.07. The lowest BCUT2D eigenvalue weighted by molar-refractivity contribution is 0.102. The molecule has 0 fully saturated rings. The molecule has 0 aliphatic heterocycles. The zero-order chi connectivity index (χ0) is 16.7. The van der Waals surface area contributed by atoms with Gasteiger partial charge in [-0.05, 0) is 0 Å². The van der Waals surface area contributed by atoms with Crippen molar-refractivity contribution in [3.63, 3.8) is 0 Å². The fourth-order valence-corrected chi connectivity index (χ4v) is 2.69. The number of nitrogens with one attached hydrogen (secondary N) is 1. The molecule has 3 aromatic rings. The first-order valence-corrected chi connectivity index (χ1v) is 7.31. The lowest BCUT2D eigenvalue weighted by Crippen LogP contribution is -2.38. The highest BCUT2D eigenvalue weighted by molar-refractivity contribution is 7.15. The molecule has 10 heteroatoms. The first-order chi connectivity index (χ1) is 10.9. The van der Waals surface area contributed by atoms with Crippen LogP contribution in [-0.2, 0) is 14.1 Å². The second-order valence-corrected chi connectivity index (χ2v) is 5.63. The van der Waals surface area contributed by atoms with E-state index in [9.17, 15) is 19.2 Å². The summed E-state index contributed by atoms with van der Waals surface area (Å²) >= 11 is 1.26. The molecular formula is C13H11N5O4S. The Labute approximate surface area is 132 Å². The molecule has 0 aromatic carbocycles. The summed E-state index contributed by atoms with van der Waals surface area (Å²) in [7, 11) is 2.74. The van der Waals surface area contributed by atoms with Gasteiger partial charge in [-0.2, -0.15) is 0 Å². The van der Waals surface area contributed by atoms with Gasteiger partial charge in [0.1, 0.15) is 11.4 Å². The molecule has 23 heavy (non-hydrogen) atoms. The smallest absolute Gasteiger partial charge is 0.307 e. The van der Waals surface area contributed by atoms with Crippen molar-refractivity contribution in [1.29, 1.82) is 0 Å². The normalized spacial score (nSPS) is 10.9. The Morgan fingerprint density at radius 2 is 1.96 bits per heavy atom. The van der Waals surface area contributed by atoms with Gasteiger partial charge < -0.3 is 5.32 Å². The molecular weight excluding hydrogens is 322 g/mol. The van der Waals surface area contributed by atoms with Gasteiger partial charge in [-0.3, -0.25) is 27.9 Å². The van der Waals surface area contributed by atoms with Crippen molar-refractivity contribution in [1.82, 2.24) is 18.5 Å². The number of amides is 1. The van der Waals surface area contributed by atoms with E-state index >= 15 is 0 Å². The zero-order valence-corrected chi connectivity index (χ0v) is 13.0. The van der Waals surface area contributed by atoms with Crippen LogP contribution in [0.3, 0.4) is 0 Å². The summed E-state index contributed by atoms with van der Waals surface area (Å²) in [5.74, 6) is -0.746. The molecule has 3 rings (SSSR count). The fraction of sp³-hybridized carbons (Fsp3) is 0.154. The second-order valence-electron chi connectivity index (χ2n) is 4.76. The standard InChI is InChI=1S/C13H11N5O4S/c1-16-8(5-9(19)17(2)13(16)22)15-10(20)7-6-14-12-18(11(7)21)3-4-23-12/h3-6H,1-2H3,(H,15,20). The van der Waals surface area contributed by atoms with Crippen molar-refractivity contribution in [2.45, 2.75) is 0 Å². The maximum Gasteiger partial charge on any atom is 0.332 e. The van der Waals surface area contributed by atoms with Crippen LogP contribution in [0.1, 0.15) is 10.4 Å². The van der Waals surface area contributed by atoms with Crippen LogP contribution in [0.4, 0.5) is 5.82 Å². The summed E-state index contributed by atoms with van der Waals surface area (Å²) in [4.78, 5) is 52.5. The van der Waals surface area contributed by atoms with Crippen LogP contribution in [0.15, 0.2) is 38.2 Å². The van der Waals surface area contributed by atoms with Crippen molar-refractivity contribution < 1.29 is 4.79 Å². The van der Waals surface area contributed by atoms with E-state index in [1.807, 2.05) is 0 Å². The van der Waals surface area contributed by atoms with Gasteiger partial charge in [0.15, 0.2) is 4.96 Å². The summed E-state index contributed by atoms with van der Waals surface area (Å²) in [5, 5.41) is 4.07. The zero-order valence-electron chi connectivity index (χ0n) is 12.1. The minimum Gasteiger partial charge on any atom is -0.307 e. The van der Waals surface area contributed by atoms with Crippen LogP contribution in [0.2, 0.25) is 0 Å². The average molecular weight is 333 g/mol. The average Bonchev–Trinajstić information content (AvgIpc) is 3.00. The maximum atomic E-state index is 12.3. The molecule has 9 nitrogen and oxygen atoms in total. The number of rotatable bonds is 2. The monoisotopic (exact) mass is 333 g/mol. The summed E-state index contributed by atoms with van der Waals surface area (Å²) in [6.07, 6.45) is 2.68. The fourth-order valence-electron chi connectivity index (χ4n) is 2.02. The van der Waals surface area contributed by atoms with Crippen LogP contribution in [0.5, 0.6) is 0 Å². The van der Waals surface area contributed by atoms with Crippen LogP contribution in [-0.4, -0.2) is 24.4 Å². The number of hydrogen-bond acceptors (Lipinski definition) is 6. The third-order valence-corrected chi connectivity index (χ3v) is 4.13. The van der Waals surface area contributed by atoms with Gasteiger partial charge in [0.25, 0.3) is 17.0 Å². The Morgan fingerprint density at radius 3 is 2.70 bits per heavy atom. The van der Waals surface area contributed by atoms with Gasteiger partial charge in [-0.25, -0.2) is 9.78 Å². The van der Waals surface area contributed by atoms with Crippen LogP contribution in [0.25, 0.3) is 4.96 Å². The van der Waals surface area contributed by atoms with Gasteiger partial charge in [-0.15, -0.1) is 11.3 Å². The number of fused-ring (bicyclic) bond motifs is 1. The predicted octanol–water partition coefficient (Wildman–Crippen LogP) is -0.594. The van der Waals surface area contributed by atoms with Crippen molar-refractivity contribution >= 4 is 28.0 Å². The summed E-state index contributed by atoms with van der Waals surface area (Å²) in [6, 6.07) is 1.10. The molecule has 3 aromatic heterocycles. The number of carbonyl (C=O) groups is 1. The van der Waals surface area contributed by atoms with E-state index in [2.05, 4.69) is 10.3 Å². The Balaban J connectivity index is 2.05. The second kappa shape index (κ2) is 5.32. The number of aromatic nitrogens is 4. The van der Waals surface area contributed by atoms with E-state index < -0.39 is 22.7 Å². The molecule has 118 valence electrons. The van der Waals surface area contributed by atoms with Crippen LogP contribution < -0.4 is 22.1 Å². The minimum absolute atomic E-state index is 0.00193. The lowest BCUT2D eigenvalue weighted by Gasteiger charge is -2.10. The highest BCUT2D eigenvalue weighted by Gasteiger charge is 2.16. The SMILES string of the molecule is Cn1c(NC(=O)c2cnc3sccn3c2=O)cc(=O)n(C)c1=O. The van der Waals surface area contributed by atoms with E-state index in [0.29, 0.717) is 4.96 Å². The Hall–Kier alpha value is -3.01. The molecule has 0 aliphatic carbocycles. The van der Waals surface area contributed by atoms with E-state index in [1.54, 1.807) is 5.38 Å². The topological polar surface area (TPSA) is 107 Å². The van der Waals surface area contributed by atoms with Crippen molar-refractivity contribution in [3.05, 3.63) is 60.6 Å². The van der Waals surface area contributed by atoms with E-state index in [-0.39, 0.29) is 11.4 Å². The maximum absolute atomic E-state index is 12.3. The lowest BCUT2D eigenvalue weighted by atomic mass is 10.3. The quantitative estimate of drug-likeness (QED) is 0.674. The molecule has 0 aliphatic rings. The summed E-state index contributed by atoms with van der Waals surface area (Å²) in [5.41, 5.74) is -1.86. The van der Waals surface area contributed by atoms with Gasteiger partial charge in [-0.1, -0.05) is 0 Å². The third kappa shape index (κ3) is 2.38. The molecule has 0 bridgehead atoms. The van der Waals surface area contributed by atoms with Crippen LogP contribution in [0, 0.1) is 0 Å². The summed E-state index contributed by atoms with van der Waals surface area (Å²) < 4.78 is 3.26. The Kier molecular flexibility index (Phi) is 3.45. The summed E-state index contributed by atoms with van der Waals surface area (Å²) in [6.45, 7) is 0. The minimum atomic E-state index is -0.744. The number of carbonyl (C=O) groups excluding carboxylic acids is 1. The largest absolute Gasteiger partial charge is 0.332 e. The first kappa shape index (κ1) is 14.9. The number of hydrogen-bond donors (Lipinski definition) is 1. The van der Waals surface area contributed by atoms with Crippen molar-refractivity contribution in [3.8, 4) is 0 Å². The predicted molar refractivity (Wildman–Crippen MR) is 84.2 cm³/mol. The van der Waals surface area contributed by atoms with E-state index in [0.717, 1.165) is 15.2 Å². The van der Waals surface area contributed by atoms with Gasteiger partial charge in [0.05, 0.1) is 0 Å². The molecule has 1 amide bonds. The highest BCUT2D eigenvalue weighted by atomic mass is 32.1. The Morgan fingerprint density at radius 1 is 1.22 bits per heavy atom. The number of thiazole rings is 1. The number of nitrogens with zero attached hydrogens (tertiary/aromatic N) is 4. The van der Waals surface area contributed by atoms with Crippen molar-refractivity contribution in [2.24, 2.45) is 14.1 Å². The molecule has 0 saturated heterocycles. The number of anilines is 1. The van der Waals surface area contributed by atoms with Gasteiger partial charge in [0.2, 0.25) is 0 Å². The van der Waals surface area contributed by atoms with Gasteiger partial charge in [0, 0.05) is 37.9 Å². The first-order valence-electron chi connectivity index (χ1n) is 6.43. The van der Waals surface area contributed by atoms with Gasteiger partial charge >= 0.3 is 5.69 Å². The molecule has 0 saturated carbocycles. The van der Waals surface area contributed by atoms with E-state index in [4.69, 9.17) is 0 Å². The van der Waals surface area contributed by atoms with E-state index in [1.165, 1.54) is 42.2 Å². The molecule has 0 atom stereocenters. The molecule has 0 spiro atoms. The molecule has 0 unspecified atom stereocenters.